The van der Waals surface area contributed by atoms with E-state index in [0.29, 0.717) is 17.9 Å². The first kappa shape index (κ1) is 9.46. The zero-order valence-corrected chi connectivity index (χ0v) is 9.69. The van der Waals surface area contributed by atoms with E-state index < -0.39 is 0 Å². The summed E-state index contributed by atoms with van der Waals surface area (Å²) in [6.07, 6.45) is 5.28. The molecule has 0 spiro atoms. The van der Waals surface area contributed by atoms with Crippen LogP contribution in [0.5, 0.6) is 0 Å². The Morgan fingerprint density at radius 1 is 1.12 bits per heavy atom. The number of hydrogen-bond acceptors (Lipinski definition) is 2. The van der Waals surface area contributed by atoms with Gasteiger partial charge in [0.1, 0.15) is 0 Å². The van der Waals surface area contributed by atoms with E-state index in [2.05, 4.69) is 10.2 Å². The third kappa shape index (κ3) is 1.21. The van der Waals surface area contributed by atoms with Gasteiger partial charge in [-0.2, -0.15) is 0 Å². The van der Waals surface area contributed by atoms with Gasteiger partial charge >= 0.3 is 0 Å². The molecule has 2 aliphatic heterocycles. The van der Waals surface area contributed by atoms with Crippen LogP contribution in [-0.4, -0.2) is 36.5 Å². The summed E-state index contributed by atoms with van der Waals surface area (Å²) in [5.74, 6) is 3.24. The summed E-state index contributed by atoms with van der Waals surface area (Å²) in [5, 5.41) is 3.52. The van der Waals surface area contributed by atoms with Gasteiger partial charge in [0.2, 0.25) is 5.91 Å². The van der Waals surface area contributed by atoms with Crippen LogP contribution < -0.4 is 5.32 Å². The van der Waals surface area contributed by atoms with Gasteiger partial charge in [-0.05, 0) is 43.6 Å². The number of rotatable bonds is 1. The van der Waals surface area contributed by atoms with Crippen molar-refractivity contribution in [3.63, 3.8) is 0 Å². The van der Waals surface area contributed by atoms with Gasteiger partial charge in [-0.25, -0.2) is 0 Å². The van der Waals surface area contributed by atoms with Crippen LogP contribution >= 0.6 is 0 Å². The molecule has 2 saturated heterocycles. The summed E-state index contributed by atoms with van der Waals surface area (Å²) in [6, 6.07) is 0.613. The highest BCUT2D eigenvalue weighted by Gasteiger charge is 2.58. The monoisotopic (exact) mass is 220 g/mol. The Kier molecular flexibility index (Phi) is 1.90. The van der Waals surface area contributed by atoms with Crippen LogP contribution in [0.3, 0.4) is 0 Å². The first-order chi connectivity index (χ1) is 7.84. The van der Waals surface area contributed by atoms with Crippen LogP contribution in [0.2, 0.25) is 0 Å². The molecular weight excluding hydrogens is 200 g/mol. The molecule has 2 saturated carbocycles. The zero-order chi connectivity index (χ0) is 10.7. The molecule has 16 heavy (non-hydrogen) atoms. The number of hydrogen-bond donors (Lipinski definition) is 1. The third-order valence-electron chi connectivity index (χ3n) is 5.37. The van der Waals surface area contributed by atoms with Crippen molar-refractivity contribution < 1.29 is 4.79 Å². The number of carbonyl (C=O) groups excluding carboxylic acids is 1. The van der Waals surface area contributed by atoms with Crippen molar-refractivity contribution in [2.45, 2.75) is 31.7 Å². The molecule has 3 heteroatoms. The molecule has 4 atom stereocenters. The SMILES string of the molecule is O=C(C1C2CCCC21)N1C[C@@H]2CCN[C@@H]2C1. The van der Waals surface area contributed by atoms with Gasteiger partial charge in [-0.1, -0.05) is 6.42 Å². The Morgan fingerprint density at radius 2 is 1.94 bits per heavy atom. The largest absolute Gasteiger partial charge is 0.341 e. The molecule has 0 aromatic rings. The van der Waals surface area contributed by atoms with Gasteiger partial charge in [0, 0.05) is 25.0 Å². The Labute approximate surface area is 96.6 Å². The molecule has 3 nitrogen and oxygen atoms in total. The molecule has 0 bridgehead atoms. The second-order valence-electron chi connectivity index (χ2n) is 6.14. The zero-order valence-electron chi connectivity index (χ0n) is 9.69. The van der Waals surface area contributed by atoms with Crippen LogP contribution in [0.25, 0.3) is 0 Å². The second kappa shape index (κ2) is 3.22. The Hall–Kier alpha value is -0.570. The lowest BCUT2D eigenvalue weighted by atomic mass is 10.1. The molecule has 2 unspecified atom stereocenters. The summed E-state index contributed by atoms with van der Waals surface area (Å²) < 4.78 is 0. The van der Waals surface area contributed by atoms with Gasteiger partial charge < -0.3 is 10.2 Å². The molecular formula is C13H20N2O. The molecule has 4 rings (SSSR count). The van der Waals surface area contributed by atoms with Crippen LogP contribution in [0.1, 0.15) is 25.7 Å². The quantitative estimate of drug-likeness (QED) is 0.710. The lowest BCUT2D eigenvalue weighted by Gasteiger charge is -2.18. The molecule has 4 fully saturated rings. The second-order valence-corrected chi connectivity index (χ2v) is 6.14. The highest BCUT2D eigenvalue weighted by Crippen LogP contribution is 2.58. The molecule has 1 amide bonds. The van der Waals surface area contributed by atoms with Crippen LogP contribution in [-0.2, 0) is 4.79 Å². The molecule has 0 aromatic carbocycles. The van der Waals surface area contributed by atoms with E-state index in [4.69, 9.17) is 0 Å². The molecule has 4 aliphatic rings. The summed E-state index contributed by atoms with van der Waals surface area (Å²) in [4.78, 5) is 14.5. The fourth-order valence-electron chi connectivity index (χ4n) is 4.43. The Balaban J connectivity index is 1.42. The van der Waals surface area contributed by atoms with Gasteiger partial charge in [-0.3, -0.25) is 4.79 Å². The van der Waals surface area contributed by atoms with E-state index in [1.54, 1.807) is 0 Å². The first-order valence-electron chi connectivity index (χ1n) is 6.87. The number of fused-ring (bicyclic) bond motifs is 2. The lowest BCUT2D eigenvalue weighted by molar-refractivity contribution is -0.132. The normalized spacial score (nSPS) is 49.2. The molecule has 0 aromatic heterocycles. The van der Waals surface area contributed by atoms with Crippen molar-refractivity contribution in [1.29, 1.82) is 0 Å². The van der Waals surface area contributed by atoms with Crippen molar-refractivity contribution >= 4 is 5.91 Å². The van der Waals surface area contributed by atoms with E-state index >= 15 is 0 Å². The fourth-order valence-corrected chi connectivity index (χ4v) is 4.43. The fraction of sp³-hybridized carbons (Fsp3) is 0.923. The van der Waals surface area contributed by atoms with Gasteiger partial charge in [0.15, 0.2) is 0 Å². The van der Waals surface area contributed by atoms with Crippen LogP contribution in [0.15, 0.2) is 0 Å². The number of likely N-dealkylation sites (tertiary alicyclic amines) is 1. The number of amides is 1. The van der Waals surface area contributed by atoms with Gasteiger partial charge in [0.05, 0.1) is 0 Å². The minimum absolute atomic E-state index is 0.438. The summed E-state index contributed by atoms with van der Waals surface area (Å²) in [6.45, 7) is 3.18. The first-order valence-corrected chi connectivity index (χ1v) is 6.87. The number of nitrogens with one attached hydrogen (secondary N) is 1. The van der Waals surface area contributed by atoms with E-state index in [1.165, 1.54) is 25.7 Å². The smallest absolute Gasteiger partial charge is 0.226 e. The molecule has 2 aliphatic carbocycles. The van der Waals surface area contributed by atoms with Gasteiger partial charge in [0.25, 0.3) is 0 Å². The highest BCUT2D eigenvalue weighted by atomic mass is 16.2. The average Bonchev–Trinajstić information content (AvgIpc) is 2.71. The van der Waals surface area contributed by atoms with E-state index in [0.717, 1.165) is 37.4 Å². The predicted molar refractivity (Wildman–Crippen MR) is 60.8 cm³/mol. The Bertz CT molecular complexity index is 308. The van der Waals surface area contributed by atoms with E-state index in [-0.39, 0.29) is 0 Å². The van der Waals surface area contributed by atoms with Crippen molar-refractivity contribution in [3.05, 3.63) is 0 Å². The van der Waals surface area contributed by atoms with Crippen molar-refractivity contribution in [2.24, 2.45) is 23.7 Å². The molecule has 2 heterocycles. The minimum Gasteiger partial charge on any atom is -0.341 e. The topological polar surface area (TPSA) is 32.3 Å². The maximum atomic E-state index is 12.4. The number of nitrogens with zero attached hydrogens (tertiary/aromatic N) is 1. The third-order valence-corrected chi connectivity index (χ3v) is 5.37. The van der Waals surface area contributed by atoms with E-state index in [9.17, 15) is 4.79 Å². The van der Waals surface area contributed by atoms with Crippen molar-refractivity contribution in [1.82, 2.24) is 10.2 Å². The molecule has 0 radical (unpaired) electrons. The summed E-state index contributed by atoms with van der Waals surface area (Å²) in [7, 11) is 0. The summed E-state index contributed by atoms with van der Waals surface area (Å²) in [5.41, 5.74) is 0. The maximum absolute atomic E-state index is 12.4. The Morgan fingerprint density at radius 3 is 2.69 bits per heavy atom. The highest BCUT2D eigenvalue weighted by molar-refractivity contribution is 5.83. The average molecular weight is 220 g/mol. The van der Waals surface area contributed by atoms with E-state index in [1.807, 2.05) is 0 Å². The van der Waals surface area contributed by atoms with Crippen LogP contribution in [0.4, 0.5) is 0 Å². The predicted octanol–water partition coefficient (Wildman–Crippen LogP) is 0.853. The number of carbonyl (C=O) groups is 1. The molecule has 1 N–H and O–H groups in total. The van der Waals surface area contributed by atoms with Crippen molar-refractivity contribution in [3.8, 4) is 0 Å². The minimum atomic E-state index is 0.438. The van der Waals surface area contributed by atoms with Crippen molar-refractivity contribution in [2.75, 3.05) is 19.6 Å². The standard InChI is InChI=1S/C13H20N2O/c16-13(12-9-2-1-3-10(9)12)15-6-8-4-5-14-11(8)7-15/h8-12,14H,1-7H2/t8-,9?,10?,11+,12?/m0/s1. The van der Waals surface area contributed by atoms with Crippen LogP contribution in [0, 0.1) is 23.7 Å². The lowest BCUT2D eigenvalue weighted by Crippen LogP contribution is -2.35. The maximum Gasteiger partial charge on any atom is 0.226 e. The molecule has 88 valence electrons. The summed E-state index contributed by atoms with van der Waals surface area (Å²) >= 11 is 0. The van der Waals surface area contributed by atoms with Gasteiger partial charge in [-0.15, -0.1) is 0 Å².